The Bertz CT molecular complexity index is 388. The lowest BCUT2D eigenvalue weighted by molar-refractivity contribution is -0.0328. The van der Waals surface area contributed by atoms with E-state index in [0.29, 0.717) is 19.6 Å². The number of nitrogens with one attached hydrogen (secondary N) is 1. The minimum Gasteiger partial charge on any atom is -0.377 e. The van der Waals surface area contributed by atoms with Crippen molar-refractivity contribution >= 4 is 10.2 Å². The minimum atomic E-state index is -3.37. The molecule has 0 amide bonds. The zero-order chi connectivity index (χ0) is 15.2. The van der Waals surface area contributed by atoms with Crippen molar-refractivity contribution in [2.75, 3.05) is 46.9 Å². The van der Waals surface area contributed by atoms with Crippen molar-refractivity contribution in [2.45, 2.75) is 38.7 Å². The van der Waals surface area contributed by atoms with Gasteiger partial charge in [0.1, 0.15) is 0 Å². The second-order valence-electron chi connectivity index (χ2n) is 5.63. The molecule has 1 heterocycles. The van der Waals surface area contributed by atoms with Gasteiger partial charge in [-0.05, 0) is 39.3 Å². The molecule has 1 N–H and O–H groups in total. The smallest absolute Gasteiger partial charge is 0.281 e. The molecule has 1 rings (SSSR count). The summed E-state index contributed by atoms with van der Waals surface area (Å²) in [6.07, 6.45) is 2.56. The Morgan fingerprint density at radius 3 is 2.75 bits per heavy atom. The van der Waals surface area contributed by atoms with Crippen LogP contribution in [0.15, 0.2) is 0 Å². The van der Waals surface area contributed by atoms with Gasteiger partial charge in [-0.3, -0.25) is 0 Å². The molecule has 1 unspecified atom stereocenters. The van der Waals surface area contributed by atoms with Crippen LogP contribution in [0.5, 0.6) is 0 Å². The maximum atomic E-state index is 12.5. The molecule has 0 spiro atoms. The van der Waals surface area contributed by atoms with E-state index < -0.39 is 10.2 Å². The van der Waals surface area contributed by atoms with Crippen molar-refractivity contribution in [3.05, 3.63) is 0 Å². The molecule has 0 aliphatic carbocycles. The summed E-state index contributed by atoms with van der Waals surface area (Å²) in [5, 5.41) is 3.20. The molecule has 0 aromatic rings. The van der Waals surface area contributed by atoms with Crippen molar-refractivity contribution in [1.29, 1.82) is 0 Å². The normalized spacial score (nSPS) is 25.2. The van der Waals surface area contributed by atoms with Crippen LogP contribution in [0.2, 0.25) is 0 Å². The topological polar surface area (TPSA) is 61.9 Å². The van der Waals surface area contributed by atoms with E-state index >= 15 is 0 Å². The van der Waals surface area contributed by atoms with Gasteiger partial charge in [0, 0.05) is 33.8 Å². The van der Waals surface area contributed by atoms with Crippen LogP contribution in [0.4, 0.5) is 0 Å². The van der Waals surface area contributed by atoms with Gasteiger partial charge in [-0.2, -0.15) is 17.0 Å². The van der Waals surface area contributed by atoms with Crippen LogP contribution in [-0.4, -0.2) is 69.5 Å². The third-order valence-electron chi connectivity index (χ3n) is 3.91. The minimum absolute atomic E-state index is 0.365. The van der Waals surface area contributed by atoms with Gasteiger partial charge in [0.05, 0.1) is 5.60 Å². The first-order valence-corrected chi connectivity index (χ1v) is 8.73. The van der Waals surface area contributed by atoms with Crippen molar-refractivity contribution in [3.63, 3.8) is 0 Å². The molecule has 1 aliphatic heterocycles. The number of rotatable bonds is 8. The molecule has 0 bridgehead atoms. The van der Waals surface area contributed by atoms with Crippen LogP contribution in [0, 0.1) is 0 Å². The lowest BCUT2D eigenvalue weighted by atomic mass is 9.96. The third-order valence-corrected chi connectivity index (χ3v) is 5.85. The van der Waals surface area contributed by atoms with Crippen molar-refractivity contribution in [3.8, 4) is 0 Å². The number of ether oxygens (including phenoxy) is 1. The molecule has 6 nitrogen and oxygen atoms in total. The first-order valence-electron chi connectivity index (χ1n) is 7.33. The van der Waals surface area contributed by atoms with Crippen LogP contribution >= 0.6 is 0 Å². The maximum absolute atomic E-state index is 12.5. The lowest BCUT2D eigenvalue weighted by Crippen LogP contribution is -2.53. The summed E-state index contributed by atoms with van der Waals surface area (Å²) < 4.78 is 33.5. The number of piperidine rings is 1. The average molecular weight is 307 g/mol. The van der Waals surface area contributed by atoms with Crippen molar-refractivity contribution in [2.24, 2.45) is 0 Å². The molecule has 0 aromatic carbocycles. The summed E-state index contributed by atoms with van der Waals surface area (Å²) in [4.78, 5) is 0. The monoisotopic (exact) mass is 307 g/mol. The van der Waals surface area contributed by atoms with Gasteiger partial charge in [-0.25, -0.2) is 0 Å². The third kappa shape index (κ3) is 4.66. The summed E-state index contributed by atoms with van der Waals surface area (Å²) in [6, 6.07) is 0. The fourth-order valence-corrected chi connectivity index (χ4v) is 3.99. The van der Waals surface area contributed by atoms with Gasteiger partial charge < -0.3 is 10.1 Å². The van der Waals surface area contributed by atoms with E-state index in [-0.39, 0.29) is 5.60 Å². The SMILES string of the molecule is CCNCCCN(C)S(=O)(=O)N1CCCC(C)(OC)C1. The summed E-state index contributed by atoms with van der Waals surface area (Å²) >= 11 is 0. The Balaban J connectivity index is 2.58. The van der Waals surface area contributed by atoms with Gasteiger partial charge in [-0.15, -0.1) is 0 Å². The van der Waals surface area contributed by atoms with Crippen molar-refractivity contribution < 1.29 is 13.2 Å². The van der Waals surface area contributed by atoms with E-state index in [1.165, 1.54) is 4.31 Å². The first-order chi connectivity index (χ1) is 9.35. The van der Waals surface area contributed by atoms with E-state index in [1.54, 1.807) is 18.5 Å². The Morgan fingerprint density at radius 1 is 1.45 bits per heavy atom. The Hall–Kier alpha value is -0.210. The maximum Gasteiger partial charge on any atom is 0.281 e. The fourth-order valence-electron chi connectivity index (χ4n) is 2.44. The van der Waals surface area contributed by atoms with E-state index in [2.05, 4.69) is 5.32 Å². The summed E-state index contributed by atoms with van der Waals surface area (Å²) in [5.41, 5.74) is -0.365. The highest BCUT2D eigenvalue weighted by molar-refractivity contribution is 7.86. The van der Waals surface area contributed by atoms with E-state index in [1.807, 2.05) is 13.8 Å². The average Bonchev–Trinajstić information content (AvgIpc) is 2.43. The van der Waals surface area contributed by atoms with E-state index in [9.17, 15) is 8.42 Å². The van der Waals surface area contributed by atoms with E-state index in [0.717, 1.165) is 32.4 Å². The molecule has 1 saturated heterocycles. The molecule has 0 radical (unpaired) electrons. The van der Waals surface area contributed by atoms with Crippen LogP contribution in [0.25, 0.3) is 0 Å². The highest BCUT2D eigenvalue weighted by Gasteiger charge is 2.37. The molecule has 1 aliphatic rings. The second kappa shape index (κ2) is 7.70. The molecule has 120 valence electrons. The number of methoxy groups -OCH3 is 1. The molecule has 0 aromatic heterocycles. The highest BCUT2D eigenvalue weighted by atomic mass is 32.2. The predicted molar refractivity (Wildman–Crippen MR) is 80.9 cm³/mol. The summed E-state index contributed by atoms with van der Waals surface area (Å²) in [6.45, 7) is 7.32. The fraction of sp³-hybridized carbons (Fsp3) is 1.00. The van der Waals surface area contributed by atoms with Gasteiger partial charge in [0.25, 0.3) is 10.2 Å². The van der Waals surface area contributed by atoms with Gasteiger partial charge in [-0.1, -0.05) is 6.92 Å². The molecule has 1 fully saturated rings. The summed E-state index contributed by atoms with van der Waals surface area (Å²) in [5.74, 6) is 0. The molecule has 20 heavy (non-hydrogen) atoms. The number of hydrogen-bond donors (Lipinski definition) is 1. The molecule has 7 heteroatoms. The van der Waals surface area contributed by atoms with Gasteiger partial charge in [0.15, 0.2) is 0 Å². The quantitative estimate of drug-likeness (QED) is 0.669. The van der Waals surface area contributed by atoms with E-state index in [4.69, 9.17) is 4.74 Å². The number of hydrogen-bond acceptors (Lipinski definition) is 4. The first kappa shape index (κ1) is 17.8. The van der Waals surface area contributed by atoms with Crippen LogP contribution in [0.1, 0.15) is 33.1 Å². The van der Waals surface area contributed by atoms with Crippen molar-refractivity contribution in [1.82, 2.24) is 13.9 Å². The van der Waals surface area contributed by atoms with Crippen LogP contribution in [0.3, 0.4) is 0 Å². The standard InChI is InChI=1S/C13H29N3O3S/c1-5-14-9-7-10-15(3)20(17,18)16-11-6-8-13(2,12-16)19-4/h14H,5-12H2,1-4H3. The zero-order valence-electron chi connectivity index (χ0n) is 13.2. The molecular weight excluding hydrogens is 278 g/mol. The van der Waals surface area contributed by atoms with Gasteiger partial charge in [0.2, 0.25) is 0 Å². The molecule has 1 atom stereocenters. The largest absolute Gasteiger partial charge is 0.377 e. The van der Waals surface area contributed by atoms with Crippen LogP contribution in [-0.2, 0) is 14.9 Å². The highest BCUT2D eigenvalue weighted by Crippen LogP contribution is 2.26. The van der Waals surface area contributed by atoms with Gasteiger partial charge >= 0.3 is 0 Å². The second-order valence-corrected chi connectivity index (χ2v) is 7.66. The molecule has 0 saturated carbocycles. The molecular formula is C13H29N3O3S. The lowest BCUT2D eigenvalue weighted by Gasteiger charge is -2.39. The Morgan fingerprint density at radius 2 is 2.15 bits per heavy atom. The Kier molecular flexibility index (Phi) is 6.87. The number of nitrogens with zero attached hydrogens (tertiary/aromatic N) is 2. The Labute approximate surface area is 123 Å². The summed E-state index contributed by atoms with van der Waals surface area (Å²) in [7, 11) is -0.0696. The zero-order valence-corrected chi connectivity index (χ0v) is 14.0. The van der Waals surface area contributed by atoms with Crippen LogP contribution < -0.4 is 5.32 Å². The predicted octanol–water partition coefficient (Wildman–Crippen LogP) is 0.664.